The molecule has 7 nitrogen and oxygen atoms in total. The fourth-order valence-corrected chi connectivity index (χ4v) is 4.45. The fraction of sp³-hybridized carbons (Fsp3) is 0.286. The van der Waals surface area contributed by atoms with Crippen molar-refractivity contribution < 1.29 is 22.8 Å². The summed E-state index contributed by atoms with van der Waals surface area (Å²) in [5.74, 6) is -0.742. The lowest BCUT2D eigenvalue weighted by atomic mass is 9.84. The molecule has 0 fully saturated rings. The maximum atomic E-state index is 12.9. The van der Waals surface area contributed by atoms with E-state index in [9.17, 15) is 22.8 Å². The Morgan fingerprint density at radius 2 is 1.41 bits per heavy atom. The van der Waals surface area contributed by atoms with Crippen LogP contribution in [0.1, 0.15) is 44.7 Å². The highest BCUT2D eigenvalue weighted by Gasteiger charge is 2.31. The zero-order chi connectivity index (χ0) is 21.3. The average Bonchev–Trinajstić information content (AvgIpc) is 2.71. The number of sulfonamides is 1. The minimum Gasteiger partial charge on any atom is -0.349 e. The van der Waals surface area contributed by atoms with E-state index in [1.54, 1.807) is 38.4 Å². The highest BCUT2D eigenvalue weighted by molar-refractivity contribution is 7.89. The Balaban J connectivity index is 1.86. The van der Waals surface area contributed by atoms with E-state index < -0.39 is 10.0 Å². The van der Waals surface area contributed by atoms with E-state index in [0.717, 1.165) is 4.31 Å². The normalized spacial score (nSPS) is 13.2. The Hall–Kier alpha value is -2.84. The molecule has 8 heteroatoms. The number of carbonyl (C=O) groups is 3. The summed E-state index contributed by atoms with van der Waals surface area (Å²) in [5.41, 5.74) is 0.885. The van der Waals surface area contributed by atoms with Crippen molar-refractivity contribution in [2.45, 2.75) is 17.7 Å². The van der Waals surface area contributed by atoms with Crippen molar-refractivity contribution in [2.24, 2.45) is 0 Å². The highest BCUT2D eigenvalue weighted by Crippen LogP contribution is 2.29. The summed E-state index contributed by atoms with van der Waals surface area (Å²) in [6.45, 7) is 0.161. The van der Waals surface area contributed by atoms with Gasteiger partial charge in [0.15, 0.2) is 11.6 Å². The van der Waals surface area contributed by atoms with Gasteiger partial charge < -0.3 is 4.90 Å². The van der Waals surface area contributed by atoms with E-state index >= 15 is 0 Å². The molecule has 2 aromatic carbocycles. The minimum absolute atomic E-state index is 0.0572. The van der Waals surface area contributed by atoms with Gasteiger partial charge in [0, 0.05) is 56.4 Å². The van der Waals surface area contributed by atoms with Crippen LogP contribution in [0.3, 0.4) is 0 Å². The van der Waals surface area contributed by atoms with Gasteiger partial charge in [-0.25, -0.2) is 12.7 Å². The number of fused-ring (bicyclic) bond motifs is 2. The van der Waals surface area contributed by atoms with Crippen molar-refractivity contribution in [1.29, 1.82) is 0 Å². The zero-order valence-electron chi connectivity index (χ0n) is 16.5. The van der Waals surface area contributed by atoms with Gasteiger partial charge in [0.25, 0.3) is 0 Å². The standard InChI is InChI=1S/C21H22N2O5S/c1-22(2)19(24)9-6-12-23(3)29(27,28)14-10-11-17-18(13-14)21(26)16-8-5-4-7-15(16)20(17)25/h4-5,7-8,10-11,13H,6,9,12H2,1-3H3. The van der Waals surface area contributed by atoms with Crippen molar-refractivity contribution in [3.63, 3.8) is 0 Å². The van der Waals surface area contributed by atoms with Crippen molar-refractivity contribution >= 4 is 27.5 Å². The third-order valence-corrected chi connectivity index (χ3v) is 6.82. The molecule has 0 heterocycles. The molecule has 0 unspecified atom stereocenters. The summed E-state index contributed by atoms with van der Waals surface area (Å²) in [6, 6.07) is 10.5. The molecule has 0 atom stereocenters. The van der Waals surface area contributed by atoms with Crippen LogP contribution in [0.25, 0.3) is 0 Å². The molecule has 0 saturated heterocycles. The smallest absolute Gasteiger partial charge is 0.242 e. The van der Waals surface area contributed by atoms with Crippen LogP contribution < -0.4 is 0 Å². The first-order valence-electron chi connectivity index (χ1n) is 9.13. The third kappa shape index (κ3) is 3.86. The van der Waals surface area contributed by atoms with E-state index in [1.165, 1.54) is 30.1 Å². The molecule has 0 bridgehead atoms. The molecule has 3 rings (SSSR count). The van der Waals surface area contributed by atoms with E-state index in [0.29, 0.717) is 12.0 Å². The number of hydrogen-bond acceptors (Lipinski definition) is 5. The Morgan fingerprint density at radius 3 is 2.00 bits per heavy atom. The second-order valence-corrected chi connectivity index (χ2v) is 9.17. The summed E-state index contributed by atoms with van der Waals surface area (Å²) < 4.78 is 26.9. The number of hydrogen-bond donors (Lipinski definition) is 0. The second kappa shape index (κ2) is 7.88. The van der Waals surface area contributed by atoms with Crippen LogP contribution in [0, 0.1) is 0 Å². The first kappa shape index (κ1) is 20.9. The Labute approximate surface area is 170 Å². The fourth-order valence-electron chi connectivity index (χ4n) is 3.22. The van der Waals surface area contributed by atoms with Crippen LogP contribution in [0.2, 0.25) is 0 Å². The molecule has 29 heavy (non-hydrogen) atoms. The predicted octanol–water partition coefficient (Wildman–Crippen LogP) is 1.95. The molecule has 1 aliphatic carbocycles. The van der Waals surface area contributed by atoms with Crippen LogP contribution in [0.5, 0.6) is 0 Å². The molecule has 1 aliphatic rings. The van der Waals surface area contributed by atoms with Crippen molar-refractivity contribution in [1.82, 2.24) is 9.21 Å². The molecular weight excluding hydrogens is 392 g/mol. The summed E-state index contributed by atoms with van der Waals surface area (Å²) in [7, 11) is 0.854. The third-order valence-electron chi connectivity index (χ3n) is 4.97. The lowest BCUT2D eigenvalue weighted by Crippen LogP contribution is -2.30. The summed E-state index contributed by atoms with van der Waals surface area (Å²) in [6.07, 6.45) is 0.614. The second-order valence-electron chi connectivity index (χ2n) is 7.13. The number of amides is 1. The Kier molecular flexibility index (Phi) is 5.68. The monoisotopic (exact) mass is 414 g/mol. The van der Waals surface area contributed by atoms with Crippen molar-refractivity contribution in [3.05, 3.63) is 64.7 Å². The van der Waals surface area contributed by atoms with E-state index in [2.05, 4.69) is 0 Å². The quantitative estimate of drug-likeness (QED) is 0.615. The lowest BCUT2D eigenvalue weighted by Gasteiger charge is -2.21. The van der Waals surface area contributed by atoms with E-state index in [1.807, 2.05) is 0 Å². The van der Waals surface area contributed by atoms with Gasteiger partial charge in [0.2, 0.25) is 15.9 Å². The minimum atomic E-state index is -3.86. The zero-order valence-corrected chi connectivity index (χ0v) is 17.3. The summed E-state index contributed by atoms with van der Waals surface area (Å²) >= 11 is 0. The number of rotatable bonds is 6. The van der Waals surface area contributed by atoms with E-state index in [4.69, 9.17) is 0 Å². The first-order valence-corrected chi connectivity index (χ1v) is 10.6. The summed E-state index contributed by atoms with van der Waals surface area (Å²) in [5, 5.41) is 0. The number of ketones is 2. The molecule has 0 saturated carbocycles. The van der Waals surface area contributed by atoms with Crippen LogP contribution in [-0.2, 0) is 14.8 Å². The van der Waals surface area contributed by atoms with Gasteiger partial charge in [-0.2, -0.15) is 0 Å². The van der Waals surface area contributed by atoms with Gasteiger partial charge in [-0.15, -0.1) is 0 Å². The SMILES string of the molecule is CN(C)C(=O)CCCN(C)S(=O)(=O)c1ccc2c(c1)C(=O)c1ccccc1C2=O. The highest BCUT2D eigenvalue weighted by atomic mass is 32.2. The average molecular weight is 414 g/mol. The molecule has 1 amide bonds. The van der Waals surface area contributed by atoms with Gasteiger partial charge in [-0.05, 0) is 24.6 Å². The molecule has 0 aliphatic heterocycles. The lowest BCUT2D eigenvalue weighted by molar-refractivity contribution is -0.128. The van der Waals surface area contributed by atoms with Gasteiger partial charge in [-0.3, -0.25) is 14.4 Å². The number of carbonyl (C=O) groups excluding carboxylic acids is 3. The molecular formula is C21H22N2O5S. The summed E-state index contributed by atoms with van der Waals surface area (Å²) in [4.78, 5) is 38.5. The van der Waals surface area contributed by atoms with Gasteiger partial charge in [0.05, 0.1) is 4.90 Å². The van der Waals surface area contributed by atoms with Crippen LogP contribution >= 0.6 is 0 Å². The molecule has 0 spiro atoms. The Morgan fingerprint density at radius 1 is 0.862 bits per heavy atom. The van der Waals surface area contributed by atoms with Gasteiger partial charge in [-0.1, -0.05) is 24.3 Å². The molecule has 0 radical (unpaired) electrons. The van der Waals surface area contributed by atoms with Crippen LogP contribution in [-0.4, -0.2) is 62.8 Å². The van der Waals surface area contributed by atoms with Crippen molar-refractivity contribution in [2.75, 3.05) is 27.7 Å². The van der Waals surface area contributed by atoms with Crippen molar-refractivity contribution in [3.8, 4) is 0 Å². The largest absolute Gasteiger partial charge is 0.349 e. The number of nitrogens with zero attached hydrogens (tertiary/aromatic N) is 2. The number of benzene rings is 2. The van der Waals surface area contributed by atoms with Crippen LogP contribution in [0.15, 0.2) is 47.4 Å². The maximum absolute atomic E-state index is 12.9. The molecule has 0 N–H and O–H groups in total. The molecule has 0 aromatic heterocycles. The first-order chi connectivity index (χ1) is 13.6. The molecule has 2 aromatic rings. The van der Waals surface area contributed by atoms with Crippen LogP contribution in [0.4, 0.5) is 0 Å². The maximum Gasteiger partial charge on any atom is 0.242 e. The topological polar surface area (TPSA) is 91.8 Å². The predicted molar refractivity (Wildman–Crippen MR) is 107 cm³/mol. The molecule has 152 valence electrons. The van der Waals surface area contributed by atoms with Gasteiger partial charge >= 0.3 is 0 Å². The van der Waals surface area contributed by atoms with Gasteiger partial charge in [0.1, 0.15) is 0 Å². The Bertz CT molecular complexity index is 1110. The van der Waals surface area contributed by atoms with E-state index in [-0.39, 0.29) is 52.0 Å².